The van der Waals surface area contributed by atoms with E-state index in [1.807, 2.05) is 32.2 Å². The summed E-state index contributed by atoms with van der Waals surface area (Å²) in [7, 11) is 0. The van der Waals surface area contributed by atoms with Crippen LogP contribution in [0.15, 0.2) is 16.8 Å². The highest BCUT2D eigenvalue weighted by molar-refractivity contribution is 7.07. The van der Waals surface area contributed by atoms with Gasteiger partial charge in [-0.3, -0.25) is 0 Å². The maximum Gasteiger partial charge on any atom is 0.360 e. The maximum absolute atomic E-state index is 11.8. The van der Waals surface area contributed by atoms with E-state index in [-0.39, 0.29) is 0 Å². The summed E-state index contributed by atoms with van der Waals surface area (Å²) in [4.78, 5) is 11.8. The van der Waals surface area contributed by atoms with Crippen molar-refractivity contribution in [3.05, 3.63) is 33.8 Å². The number of nitrogens with zero attached hydrogens (tertiary/aromatic N) is 3. The van der Waals surface area contributed by atoms with Crippen molar-refractivity contribution in [2.45, 2.75) is 27.3 Å². The summed E-state index contributed by atoms with van der Waals surface area (Å²) in [6.45, 7) is 6.84. The molecule has 0 aliphatic carbocycles. The number of thiophene rings is 1. The second-order valence-corrected chi connectivity index (χ2v) is 5.59. The molecule has 0 radical (unpaired) electrons. The number of ether oxygens (including phenoxy) is 1. The van der Waals surface area contributed by atoms with Crippen molar-refractivity contribution in [1.82, 2.24) is 15.0 Å². The first-order valence-electron chi connectivity index (χ1n) is 6.16. The molecule has 102 valence electrons. The number of carbonyl (C=O) groups excluding carboxylic acids is 1. The SMILES string of the molecule is Cc1c(C(=O)OCC(C)C)nnn1Cc1ccsc1. The highest BCUT2D eigenvalue weighted by Gasteiger charge is 2.18. The molecule has 19 heavy (non-hydrogen) atoms. The van der Waals surface area contributed by atoms with Crippen molar-refractivity contribution in [3.8, 4) is 0 Å². The summed E-state index contributed by atoms with van der Waals surface area (Å²) in [6.07, 6.45) is 0. The Morgan fingerprint density at radius 1 is 1.53 bits per heavy atom. The Kier molecular flexibility index (Phi) is 4.31. The maximum atomic E-state index is 11.8. The molecule has 0 aromatic carbocycles. The van der Waals surface area contributed by atoms with Gasteiger partial charge in [-0.1, -0.05) is 19.1 Å². The van der Waals surface area contributed by atoms with Crippen LogP contribution in [0, 0.1) is 12.8 Å². The first kappa shape index (κ1) is 13.7. The fourth-order valence-corrected chi connectivity index (χ4v) is 2.23. The van der Waals surface area contributed by atoms with E-state index in [1.165, 1.54) is 0 Å². The third kappa shape index (κ3) is 3.41. The van der Waals surface area contributed by atoms with E-state index in [4.69, 9.17) is 4.74 Å². The summed E-state index contributed by atoms with van der Waals surface area (Å²) in [6, 6.07) is 2.03. The summed E-state index contributed by atoms with van der Waals surface area (Å²) in [5.74, 6) is -0.0899. The molecule has 2 heterocycles. The predicted molar refractivity (Wildman–Crippen MR) is 73.3 cm³/mol. The molecule has 6 heteroatoms. The van der Waals surface area contributed by atoms with Gasteiger partial charge in [0.05, 0.1) is 18.8 Å². The molecule has 0 N–H and O–H groups in total. The van der Waals surface area contributed by atoms with Crippen LogP contribution in [0.1, 0.15) is 35.6 Å². The van der Waals surface area contributed by atoms with Crippen LogP contribution in [0.2, 0.25) is 0 Å². The molecule has 0 fully saturated rings. The number of esters is 1. The van der Waals surface area contributed by atoms with Gasteiger partial charge in [-0.05, 0) is 35.2 Å². The lowest BCUT2D eigenvalue weighted by molar-refractivity contribution is 0.0451. The first-order valence-corrected chi connectivity index (χ1v) is 7.10. The highest BCUT2D eigenvalue weighted by atomic mass is 32.1. The van der Waals surface area contributed by atoms with Crippen LogP contribution in [0.3, 0.4) is 0 Å². The lowest BCUT2D eigenvalue weighted by Gasteiger charge is -2.06. The van der Waals surface area contributed by atoms with Crippen molar-refractivity contribution >= 4 is 17.3 Å². The third-order valence-corrected chi connectivity index (χ3v) is 3.37. The second-order valence-electron chi connectivity index (χ2n) is 4.81. The highest BCUT2D eigenvalue weighted by Crippen LogP contribution is 2.11. The van der Waals surface area contributed by atoms with Gasteiger partial charge in [0, 0.05) is 0 Å². The third-order valence-electron chi connectivity index (χ3n) is 2.64. The Hall–Kier alpha value is -1.69. The van der Waals surface area contributed by atoms with Crippen LogP contribution in [-0.4, -0.2) is 27.6 Å². The standard InChI is InChI=1S/C13H17N3O2S/c1-9(2)7-18-13(17)12-10(3)16(15-14-12)6-11-4-5-19-8-11/h4-5,8-9H,6-7H2,1-3H3. The smallest absolute Gasteiger partial charge is 0.360 e. The minimum atomic E-state index is -0.400. The Morgan fingerprint density at radius 2 is 2.32 bits per heavy atom. The van der Waals surface area contributed by atoms with Crippen molar-refractivity contribution in [2.75, 3.05) is 6.61 Å². The molecule has 0 atom stereocenters. The molecule has 0 saturated carbocycles. The van der Waals surface area contributed by atoms with Gasteiger partial charge in [0.1, 0.15) is 0 Å². The molecule has 2 aromatic heterocycles. The fraction of sp³-hybridized carbons (Fsp3) is 0.462. The molecule has 0 aliphatic rings. The Morgan fingerprint density at radius 3 is 2.95 bits per heavy atom. The van der Waals surface area contributed by atoms with Gasteiger partial charge in [0.2, 0.25) is 0 Å². The first-order chi connectivity index (χ1) is 9.08. The van der Waals surface area contributed by atoms with E-state index in [1.54, 1.807) is 16.0 Å². The molecule has 2 aromatic rings. The molecule has 2 rings (SSSR count). The normalized spacial score (nSPS) is 10.9. The van der Waals surface area contributed by atoms with Crippen LogP contribution in [0.25, 0.3) is 0 Å². The number of aromatic nitrogens is 3. The lowest BCUT2D eigenvalue weighted by Crippen LogP contribution is -2.12. The van der Waals surface area contributed by atoms with Gasteiger partial charge in [0.25, 0.3) is 0 Å². The zero-order chi connectivity index (χ0) is 13.8. The predicted octanol–water partition coefficient (Wildman–Crippen LogP) is 2.51. The number of carbonyl (C=O) groups is 1. The molecule has 0 saturated heterocycles. The summed E-state index contributed by atoms with van der Waals surface area (Å²) >= 11 is 1.64. The summed E-state index contributed by atoms with van der Waals surface area (Å²) < 4.78 is 6.88. The molecular formula is C13H17N3O2S. The minimum absolute atomic E-state index is 0.302. The molecule has 0 bridgehead atoms. The topological polar surface area (TPSA) is 57.0 Å². The van der Waals surface area contributed by atoms with Crippen LogP contribution < -0.4 is 0 Å². The van der Waals surface area contributed by atoms with Crippen molar-refractivity contribution < 1.29 is 9.53 Å². The molecule has 0 spiro atoms. The number of hydrogen-bond acceptors (Lipinski definition) is 5. The molecule has 0 amide bonds. The van der Waals surface area contributed by atoms with Crippen LogP contribution in [0.4, 0.5) is 0 Å². The van der Waals surface area contributed by atoms with Crippen LogP contribution in [-0.2, 0) is 11.3 Å². The van der Waals surface area contributed by atoms with E-state index in [0.717, 1.165) is 11.3 Å². The van der Waals surface area contributed by atoms with Gasteiger partial charge in [-0.25, -0.2) is 9.48 Å². The summed E-state index contributed by atoms with van der Waals surface area (Å²) in [5, 5.41) is 12.0. The lowest BCUT2D eigenvalue weighted by atomic mass is 10.2. The Bertz CT molecular complexity index is 546. The van der Waals surface area contributed by atoms with Gasteiger partial charge in [-0.15, -0.1) is 5.10 Å². The average molecular weight is 279 g/mol. The number of rotatable bonds is 5. The number of hydrogen-bond donors (Lipinski definition) is 0. The van der Waals surface area contributed by atoms with Crippen LogP contribution in [0.5, 0.6) is 0 Å². The zero-order valence-corrected chi connectivity index (χ0v) is 12.1. The van der Waals surface area contributed by atoms with Crippen molar-refractivity contribution in [1.29, 1.82) is 0 Å². The van der Waals surface area contributed by atoms with E-state index >= 15 is 0 Å². The van der Waals surface area contributed by atoms with E-state index in [2.05, 4.69) is 15.7 Å². The molecule has 0 aliphatic heterocycles. The molecule has 0 unspecified atom stereocenters. The summed E-state index contributed by atoms with van der Waals surface area (Å²) in [5.41, 5.74) is 2.19. The van der Waals surface area contributed by atoms with E-state index < -0.39 is 5.97 Å². The van der Waals surface area contributed by atoms with Crippen molar-refractivity contribution in [2.24, 2.45) is 5.92 Å². The Labute approximate surface area is 116 Å². The largest absolute Gasteiger partial charge is 0.461 e. The van der Waals surface area contributed by atoms with Gasteiger partial charge >= 0.3 is 5.97 Å². The van der Waals surface area contributed by atoms with Crippen LogP contribution >= 0.6 is 11.3 Å². The second kappa shape index (κ2) is 5.97. The van der Waals surface area contributed by atoms with E-state index in [0.29, 0.717) is 24.8 Å². The fourth-order valence-electron chi connectivity index (χ4n) is 1.57. The van der Waals surface area contributed by atoms with Gasteiger partial charge in [0.15, 0.2) is 5.69 Å². The zero-order valence-electron chi connectivity index (χ0n) is 11.3. The minimum Gasteiger partial charge on any atom is -0.461 e. The van der Waals surface area contributed by atoms with Gasteiger partial charge in [-0.2, -0.15) is 11.3 Å². The quantitative estimate of drug-likeness (QED) is 0.789. The van der Waals surface area contributed by atoms with Crippen molar-refractivity contribution in [3.63, 3.8) is 0 Å². The van der Waals surface area contributed by atoms with Gasteiger partial charge < -0.3 is 4.74 Å². The van der Waals surface area contributed by atoms with E-state index in [9.17, 15) is 4.79 Å². The average Bonchev–Trinajstić information content (AvgIpc) is 2.98. The molecule has 5 nitrogen and oxygen atoms in total. The molecular weight excluding hydrogens is 262 g/mol. The monoisotopic (exact) mass is 279 g/mol. The Balaban J connectivity index is 2.07.